The largest absolute Gasteiger partial charge is 0.490 e. The quantitative estimate of drug-likeness (QED) is 0.677. The normalized spacial score (nSPS) is 17.0. The molecule has 1 aliphatic heterocycles. The molecule has 2 aromatic rings. The van der Waals surface area contributed by atoms with E-state index >= 15 is 0 Å². The summed E-state index contributed by atoms with van der Waals surface area (Å²) in [7, 11) is 0. The average molecular weight is 400 g/mol. The van der Waals surface area contributed by atoms with Crippen molar-refractivity contribution in [2.75, 3.05) is 13.2 Å². The SMILES string of the molecule is Cc1cc(Cl)cc(Cl)c1OC[C@@H]1CCCN1C(=O)c1cccnc1Cl. The van der Waals surface area contributed by atoms with E-state index in [9.17, 15) is 4.79 Å². The van der Waals surface area contributed by atoms with E-state index in [0.29, 0.717) is 34.5 Å². The lowest BCUT2D eigenvalue weighted by Gasteiger charge is -2.25. The highest BCUT2D eigenvalue weighted by Crippen LogP contribution is 2.33. The molecule has 0 N–H and O–H groups in total. The molecule has 0 bridgehead atoms. The second kappa shape index (κ2) is 7.81. The van der Waals surface area contributed by atoms with Gasteiger partial charge >= 0.3 is 0 Å². The van der Waals surface area contributed by atoms with Gasteiger partial charge in [0.15, 0.2) is 0 Å². The van der Waals surface area contributed by atoms with Gasteiger partial charge < -0.3 is 9.64 Å². The Kier molecular flexibility index (Phi) is 5.72. The van der Waals surface area contributed by atoms with Crippen LogP contribution in [0, 0.1) is 6.92 Å². The summed E-state index contributed by atoms with van der Waals surface area (Å²) >= 11 is 18.3. The fourth-order valence-corrected chi connectivity index (χ4v) is 3.88. The Morgan fingerprint density at radius 3 is 2.88 bits per heavy atom. The maximum atomic E-state index is 12.8. The molecular formula is C18H17Cl3N2O2. The Bertz CT molecular complexity index is 775. The van der Waals surface area contributed by atoms with Gasteiger partial charge in [0.05, 0.1) is 16.6 Å². The number of aryl methyl sites for hydroxylation is 1. The van der Waals surface area contributed by atoms with Crippen molar-refractivity contribution in [3.63, 3.8) is 0 Å². The molecule has 3 rings (SSSR count). The summed E-state index contributed by atoms with van der Waals surface area (Å²) < 4.78 is 5.92. The number of rotatable bonds is 4. The summed E-state index contributed by atoms with van der Waals surface area (Å²) in [4.78, 5) is 18.5. The van der Waals surface area contributed by atoms with Gasteiger partial charge in [0, 0.05) is 17.8 Å². The number of hydrogen-bond acceptors (Lipinski definition) is 3. The van der Waals surface area contributed by atoms with Gasteiger partial charge in [0.2, 0.25) is 0 Å². The van der Waals surface area contributed by atoms with E-state index in [1.165, 1.54) is 0 Å². The van der Waals surface area contributed by atoms with E-state index in [2.05, 4.69) is 4.98 Å². The predicted octanol–water partition coefficient (Wildman–Crippen LogP) is 5.03. The molecule has 25 heavy (non-hydrogen) atoms. The van der Waals surface area contributed by atoms with Gasteiger partial charge in [-0.2, -0.15) is 0 Å². The number of likely N-dealkylation sites (tertiary alicyclic amines) is 1. The van der Waals surface area contributed by atoms with Gasteiger partial charge in [0.25, 0.3) is 5.91 Å². The van der Waals surface area contributed by atoms with E-state index in [-0.39, 0.29) is 17.1 Å². The maximum Gasteiger partial charge on any atom is 0.257 e. The molecule has 1 amide bonds. The first-order valence-corrected chi connectivity index (χ1v) is 9.10. The Balaban J connectivity index is 1.73. The highest BCUT2D eigenvalue weighted by molar-refractivity contribution is 6.35. The highest BCUT2D eigenvalue weighted by atomic mass is 35.5. The minimum absolute atomic E-state index is 0.0325. The molecule has 0 unspecified atom stereocenters. The lowest BCUT2D eigenvalue weighted by atomic mass is 10.2. The molecular weight excluding hydrogens is 383 g/mol. The number of halogens is 3. The van der Waals surface area contributed by atoms with E-state index in [1.54, 1.807) is 35.4 Å². The van der Waals surface area contributed by atoms with Crippen LogP contribution in [0.15, 0.2) is 30.5 Å². The summed E-state index contributed by atoms with van der Waals surface area (Å²) in [6.07, 6.45) is 3.36. The second-order valence-electron chi connectivity index (χ2n) is 5.98. The number of benzene rings is 1. The number of amides is 1. The van der Waals surface area contributed by atoms with Gasteiger partial charge in [-0.1, -0.05) is 34.8 Å². The molecule has 132 valence electrons. The molecule has 2 heterocycles. The molecule has 1 aliphatic rings. The lowest BCUT2D eigenvalue weighted by molar-refractivity contribution is 0.0691. The Morgan fingerprint density at radius 2 is 2.16 bits per heavy atom. The van der Waals surface area contributed by atoms with Crippen LogP contribution >= 0.6 is 34.8 Å². The van der Waals surface area contributed by atoms with Gasteiger partial charge in [0.1, 0.15) is 17.5 Å². The van der Waals surface area contributed by atoms with Crippen LogP contribution in [-0.4, -0.2) is 35.0 Å². The van der Waals surface area contributed by atoms with Crippen LogP contribution in [0.2, 0.25) is 15.2 Å². The molecule has 0 aliphatic carbocycles. The fourth-order valence-electron chi connectivity index (χ4n) is 3.03. The number of carbonyl (C=O) groups excluding carboxylic acids is 1. The van der Waals surface area contributed by atoms with Crippen molar-refractivity contribution in [3.8, 4) is 5.75 Å². The van der Waals surface area contributed by atoms with Crippen LogP contribution in [0.3, 0.4) is 0 Å². The summed E-state index contributed by atoms with van der Waals surface area (Å²) in [5, 5.41) is 1.26. The lowest BCUT2D eigenvalue weighted by Crippen LogP contribution is -2.39. The average Bonchev–Trinajstić information content (AvgIpc) is 3.02. The molecule has 0 spiro atoms. The minimum atomic E-state index is -0.122. The van der Waals surface area contributed by atoms with Crippen molar-refractivity contribution >= 4 is 40.7 Å². The third kappa shape index (κ3) is 4.02. The van der Waals surface area contributed by atoms with Crippen LogP contribution in [0.5, 0.6) is 5.75 Å². The zero-order valence-electron chi connectivity index (χ0n) is 13.6. The van der Waals surface area contributed by atoms with Crippen molar-refractivity contribution in [1.29, 1.82) is 0 Å². The Labute approximate surface area is 161 Å². The molecule has 0 radical (unpaired) electrons. The standard InChI is InChI=1S/C18H17Cl3N2O2/c1-11-8-12(19)9-15(20)16(11)25-10-13-4-3-7-23(13)18(24)14-5-2-6-22-17(14)21/h2,5-6,8-9,13H,3-4,7,10H2,1H3/t13-/m0/s1. The number of carbonyl (C=O) groups is 1. The van der Waals surface area contributed by atoms with Crippen LogP contribution in [0.4, 0.5) is 0 Å². The number of hydrogen-bond donors (Lipinski definition) is 0. The van der Waals surface area contributed by atoms with Crippen molar-refractivity contribution in [1.82, 2.24) is 9.88 Å². The van der Waals surface area contributed by atoms with E-state index in [4.69, 9.17) is 39.5 Å². The Morgan fingerprint density at radius 1 is 1.36 bits per heavy atom. The predicted molar refractivity (Wildman–Crippen MR) is 100.0 cm³/mol. The van der Waals surface area contributed by atoms with Crippen molar-refractivity contribution in [2.45, 2.75) is 25.8 Å². The molecule has 1 atom stereocenters. The number of aromatic nitrogens is 1. The molecule has 4 nitrogen and oxygen atoms in total. The topological polar surface area (TPSA) is 42.4 Å². The van der Waals surface area contributed by atoms with Crippen LogP contribution in [-0.2, 0) is 0 Å². The zero-order valence-corrected chi connectivity index (χ0v) is 15.9. The number of pyridine rings is 1. The summed E-state index contributed by atoms with van der Waals surface area (Å²) in [6, 6.07) is 6.81. The van der Waals surface area contributed by atoms with Gasteiger partial charge in [-0.25, -0.2) is 4.98 Å². The summed E-state index contributed by atoms with van der Waals surface area (Å²) in [5.74, 6) is 0.480. The van der Waals surface area contributed by atoms with E-state index in [0.717, 1.165) is 18.4 Å². The third-order valence-corrected chi connectivity index (χ3v) is 5.04. The first-order chi connectivity index (χ1) is 12.0. The minimum Gasteiger partial charge on any atom is -0.490 e. The van der Waals surface area contributed by atoms with E-state index < -0.39 is 0 Å². The Hall–Kier alpha value is -1.49. The van der Waals surface area contributed by atoms with Crippen molar-refractivity contribution < 1.29 is 9.53 Å². The maximum absolute atomic E-state index is 12.8. The molecule has 1 fully saturated rings. The molecule has 1 saturated heterocycles. The van der Waals surface area contributed by atoms with E-state index in [1.807, 2.05) is 6.92 Å². The third-order valence-electron chi connectivity index (χ3n) is 4.24. The van der Waals surface area contributed by atoms with Crippen molar-refractivity contribution in [2.24, 2.45) is 0 Å². The van der Waals surface area contributed by atoms with Gasteiger partial charge in [-0.05, 0) is 49.6 Å². The molecule has 7 heteroatoms. The molecule has 1 aromatic heterocycles. The monoisotopic (exact) mass is 398 g/mol. The van der Waals surface area contributed by atoms with Gasteiger partial charge in [-0.15, -0.1) is 0 Å². The van der Waals surface area contributed by atoms with Crippen LogP contribution in [0.25, 0.3) is 0 Å². The summed E-state index contributed by atoms with van der Waals surface area (Å²) in [5.41, 5.74) is 1.28. The van der Waals surface area contributed by atoms with Crippen molar-refractivity contribution in [3.05, 3.63) is 56.8 Å². The number of ether oxygens (including phenoxy) is 1. The second-order valence-corrected chi connectivity index (χ2v) is 7.18. The number of nitrogens with zero attached hydrogens (tertiary/aromatic N) is 2. The van der Waals surface area contributed by atoms with Crippen LogP contribution < -0.4 is 4.74 Å². The molecule has 1 aromatic carbocycles. The first kappa shape index (κ1) is 18.3. The summed E-state index contributed by atoms with van der Waals surface area (Å²) in [6.45, 7) is 2.93. The van der Waals surface area contributed by atoms with Crippen LogP contribution in [0.1, 0.15) is 28.8 Å². The zero-order chi connectivity index (χ0) is 18.0. The fraction of sp³-hybridized carbons (Fsp3) is 0.333. The highest BCUT2D eigenvalue weighted by Gasteiger charge is 2.31. The smallest absolute Gasteiger partial charge is 0.257 e. The van der Waals surface area contributed by atoms with Gasteiger partial charge in [-0.3, -0.25) is 4.79 Å². The molecule has 0 saturated carbocycles. The first-order valence-electron chi connectivity index (χ1n) is 7.97.